The van der Waals surface area contributed by atoms with Crippen molar-refractivity contribution in [1.29, 1.82) is 0 Å². The fourth-order valence-electron chi connectivity index (χ4n) is 1.51. The van der Waals surface area contributed by atoms with Gasteiger partial charge in [-0.15, -0.1) is 6.58 Å². The second-order valence-electron chi connectivity index (χ2n) is 3.90. The Morgan fingerprint density at radius 1 is 1.38 bits per heavy atom. The molecule has 1 fully saturated rings. The molecule has 0 bridgehead atoms. The van der Waals surface area contributed by atoms with E-state index in [-0.39, 0.29) is 5.60 Å². The van der Waals surface area contributed by atoms with Gasteiger partial charge in [0.1, 0.15) is 11.4 Å². The van der Waals surface area contributed by atoms with Gasteiger partial charge in [-0.05, 0) is 17.7 Å². The van der Waals surface area contributed by atoms with Crippen LogP contribution < -0.4 is 4.74 Å². The fraction of sp³-hybridized carbons (Fsp3) is 0.385. The highest BCUT2D eigenvalue weighted by atomic mass is 16.6. The van der Waals surface area contributed by atoms with Crippen LogP contribution >= 0.6 is 0 Å². The normalized spacial score (nSPS) is 17.6. The summed E-state index contributed by atoms with van der Waals surface area (Å²) < 4.78 is 16.0. The Labute approximate surface area is 95.6 Å². The minimum Gasteiger partial charge on any atom is -0.497 e. The molecule has 1 heterocycles. The van der Waals surface area contributed by atoms with Gasteiger partial charge >= 0.3 is 0 Å². The third kappa shape index (κ3) is 2.26. The van der Waals surface area contributed by atoms with Crippen molar-refractivity contribution < 1.29 is 14.2 Å². The molecule has 0 amide bonds. The summed E-state index contributed by atoms with van der Waals surface area (Å²) in [5, 5.41) is 0. The van der Waals surface area contributed by atoms with Gasteiger partial charge < -0.3 is 14.2 Å². The van der Waals surface area contributed by atoms with E-state index in [1.54, 1.807) is 7.11 Å². The van der Waals surface area contributed by atoms with E-state index in [1.165, 1.54) is 0 Å². The minimum absolute atomic E-state index is 0.278. The fourth-order valence-corrected chi connectivity index (χ4v) is 1.51. The van der Waals surface area contributed by atoms with Gasteiger partial charge in [0.15, 0.2) is 0 Å². The molecule has 3 nitrogen and oxygen atoms in total. The molecule has 1 aliphatic heterocycles. The summed E-state index contributed by atoms with van der Waals surface area (Å²) >= 11 is 0. The van der Waals surface area contributed by atoms with Crippen LogP contribution in [0, 0.1) is 0 Å². The Morgan fingerprint density at radius 2 is 2.06 bits per heavy atom. The van der Waals surface area contributed by atoms with Gasteiger partial charge in [-0.25, -0.2) is 0 Å². The summed E-state index contributed by atoms with van der Waals surface area (Å²) in [5.41, 5.74) is 0.842. The molecular weight excluding hydrogens is 204 g/mol. The predicted octanol–water partition coefficient (Wildman–Crippen LogP) is 2.17. The van der Waals surface area contributed by atoms with Crippen LogP contribution in [0.25, 0.3) is 0 Å². The van der Waals surface area contributed by atoms with E-state index in [0.717, 1.165) is 11.3 Å². The van der Waals surface area contributed by atoms with Crippen LogP contribution in [0.4, 0.5) is 0 Å². The average molecular weight is 220 g/mol. The quantitative estimate of drug-likeness (QED) is 0.712. The number of benzene rings is 1. The zero-order valence-electron chi connectivity index (χ0n) is 9.44. The van der Waals surface area contributed by atoms with Crippen molar-refractivity contribution in [3.05, 3.63) is 42.5 Å². The van der Waals surface area contributed by atoms with Crippen molar-refractivity contribution in [3.63, 3.8) is 0 Å². The maximum absolute atomic E-state index is 5.79. The Morgan fingerprint density at radius 3 is 2.50 bits per heavy atom. The SMILES string of the molecule is C=CC1(OCc2ccc(OC)cc2)COC1. The van der Waals surface area contributed by atoms with Crippen molar-refractivity contribution in [1.82, 2.24) is 0 Å². The molecule has 1 aliphatic rings. The molecule has 0 saturated carbocycles. The lowest BCUT2D eigenvalue weighted by Crippen LogP contribution is -2.49. The Hall–Kier alpha value is -1.32. The van der Waals surface area contributed by atoms with Crippen LogP contribution in [0.3, 0.4) is 0 Å². The average Bonchev–Trinajstić information content (AvgIpc) is 2.29. The maximum atomic E-state index is 5.79. The zero-order valence-corrected chi connectivity index (χ0v) is 9.44. The topological polar surface area (TPSA) is 27.7 Å². The first-order valence-corrected chi connectivity index (χ1v) is 5.26. The van der Waals surface area contributed by atoms with E-state index in [1.807, 2.05) is 30.3 Å². The van der Waals surface area contributed by atoms with Crippen molar-refractivity contribution in [2.24, 2.45) is 0 Å². The van der Waals surface area contributed by atoms with Gasteiger partial charge in [0.25, 0.3) is 0 Å². The first kappa shape index (κ1) is 11.2. The zero-order chi connectivity index (χ0) is 11.4. The molecule has 0 aliphatic carbocycles. The number of methoxy groups -OCH3 is 1. The first-order valence-electron chi connectivity index (χ1n) is 5.26. The third-order valence-electron chi connectivity index (χ3n) is 2.75. The van der Waals surface area contributed by atoms with E-state index in [4.69, 9.17) is 14.2 Å². The van der Waals surface area contributed by atoms with E-state index < -0.39 is 0 Å². The number of hydrogen-bond donors (Lipinski definition) is 0. The number of ether oxygens (including phenoxy) is 3. The van der Waals surface area contributed by atoms with Crippen LogP contribution in [0.1, 0.15) is 5.56 Å². The Kier molecular flexibility index (Phi) is 3.27. The minimum atomic E-state index is -0.278. The molecule has 16 heavy (non-hydrogen) atoms. The number of hydrogen-bond acceptors (Lipinski definition) is 3. The van der Waals surface area contributed by atoms with Gasteiger partial charge in [0.05, 0.1) is 26.9 Å². The predicted molar refractivity (Wildman–Crippen MR) is 61.5 cm³/mol. The lowest BCUT2D eigenvalue weighted by Gasteiger charge is -2.38. The molecule has 0 spiro atoms. The molecule has 0 atom stereocenters. The van der Waals surface area contributed by atoms with Crippen LogP contribution in [0.2, 0.25) is 0 Å². The lowest BCUT2D eigenvalue weighted by atomic mass is 10.0. The van der Waals surface area contributed by atoms with Gasteiger partial charge in [-0.3, -0.25) is 0 Å². The van der Waals surface area contributed by atoms with Crippen molar-refractivity contribution in [2.45, 2.75) is 12.2 Å². The first-order chi connectivity index (χ1) is 7.78. The van der Waals surface area contributed by atoms with Crippen LogP contribution in [0.15, 0.2) is 36.9 Å². The van der Waals surface area contributed by atoms with E-state index in [9.17, 15) is 0 Å². The van der Waals surface area contributed by atoms with Crippen LogP contribution in [-0.2, 0) is 16.1 Å². The van der Waals surface area contributed by atoms with Crippen molar-refractivity contribution in [2.75, 3.05) is 20.3 Å². The standard InChI is InChI=1S/C13H16O3/c1-3-13(9-15-10-13)16-8-11-4-6-12(14-2)7-5-11/h3-7H,1,8-10H2,2H3. The van der Waals surface area contributed by atoms with Crippen LogP contribution in [-0.4, -0.2) is 25.9 Å². The molecule has 0 unspecified atom stereocenters. The molecule has 2 rings (SSSR count). The molecule has 0 aromatic heterocycles. The van der Waals surface area contributed by atoms with Crippen molar-refractivity contribution >= 4 is 0 Å². The highest BCUT2D eigenvalue weighted by Crippen LogP contribution is 2.24. The Balaban J connectivity index is 1.91. The maximum Gasteiger partial charge on any atom is 0.133 e. The molecule has 1 aromatic rings. The summed E-state index contributed by atoms with van der Waals surface area (Å²) in [7, 11) is 1.66. The summed E-state index contributed by atoms with van der Waals surface area (Å²) in [6.45, 7) is 5.55. The molecule has 86 valence electrons. The largest absolute Gasteiger partial charge is 0.497 e. The summed E-state index contributed by atoms with van der Waals surface area (Å²) in [6.07, 6.45) is 1.82. The molecule has 0 radical (unpaired) electrons. The smallest absolute Gasteiger partial charge is 0.133 e. The van der Waals surface area contributed by atoms with E-state index >= 15 is 0 Å². The van der Waals surface area contributed by atoms with E-state index in [2.05, 4.69) is 6.58 Å². The molecule has 3 heteroatoms. The summed E-state index contributed by atoms with van der Waals surface area (Å²) in [6, 6.07) is 7.84. The lowest BCUT2D eigenvalue weighted by molar-refractivity contribution is -0.186. The van der Waals surface area contributed by atoms with Crippen molar-refractivity contribution in [3.8, 4) is 5.75 Å². The molecule has 1 saturated heterocycles. The number of rotatable bonds is 5. The molecular formula is C13H16O3. The molecule has 1 aromatic carbocycles. The van der Waals surface area contributed by atoms with E-state index in [0.29, 0.717) is 19.8 Å². The van der Waals surface area contributed by atoms with Gasteiger partial charge in [-0.1, -0.05) is 18.2 Å². The second-order valence-corrected chi connectivity index (χ2v) is 3.90. The van der Waals surface area contributed by atoms with Gasteiger partial charge in [0, 0.05) is 0 Å². The van der Waals surface area contributed by atoms with Gasteiger partial charge in [0.2, 0.25) is 0 Å². The summed E-state index contributed by atoms with van der Waals surface area (Å²) in [5.74, 6) is 0.856. The van der Waals surface area contributed by atoms with Gasteiger partial charge in [-0.2, -0.15) is 0 Å². The third-order valence-corrected chi connectivity index (χ3v) is 2.75. The summed E-state index contributed by atoms with van der Waals surface area (Å²) in [4.78, 5) is 0. The highest BCUT2D eigenvalue weighted by molar-refractivity contribution is 5.26. The Bertz CT molecular complexity index is 352. The molecule has 0 N–H and O–H groups in total. The highest BCUT2D eigenvalue weighted by Gasteiger charge is 2.36. The monoisotopic (exact) mass is 220 g/mol. The van der Waals surface area contributed by atoms with Crippen LogP contribution in [0.5, 0.6) is 5.75 Å². The second kappa shape index (κ2) is 4.68.